The lowest BCUT2D eigenvalue weighted by atomic mass is 9.86. The molecule has 1 amide bonds. The van der Waals surface area contributed by atoms with Gasteiger partial charge in [-0.1, -0.05) is 32.0 Å². The first-order valence-corrected chi connectivity index (χ1v) is 11.5. The number of H-pyrrole nitrogens is 1. The Morgan fingerprint density at radius 2 is 1.91 bits per heavy atom. The van der Waals surface area contributed by atoms with Crippen LogP contribution >= 0.6 is 0 Å². The third-order valence-corrected chi connectivity index (χ3v) is 6.55. The minimum atomic E-state index is -4.36. The number of aromatic amines is 1. The molecule has 0 saturated carbocycles. The lowest BCUT2D eigenvalue weighted by Gasteiger charge is -2.33. The minimum absolute atomic E-state index is 0.114. The van der Waals surface area contributed by atoms with E-state index in [1.165, 1.54) is 6.07 Å². The van der Waals surface area contributed by atoms with Gasteiger partial charge in [-0.25, -0.2) is 0 Å². The normalized spacial score (nSPS) is 18.6. The molecule has 8 heteroatoms. The van der Waals surface area contributed by atoms with Gasteiger partial charge in [-0.3, -0.25) is 14.8 Å². The third-order valence-electron chi connectivity index (χ3n) is 6.55. The van der Waals surface area contributed by atoms with Crippen molar-refractivity contribution in [3.8, 4) is 0 Å². The predicted molar refractivity (Wildman–Crippen MR) is 116 cm³/mol. The van der Waals surface area contributed by atoms with E-state index in [0.717, 1.165) is 43.3 Å². The molecule has 1 fully saturated rings. The highest BCUT2D eigenvalue weighted by Crippen LogP contribution is 2.38. The van der Waals surface area contributed by atoms with Crippen LogP contribution < -0.4 is 0 Å². The highest BCUT2D eigenvalue weighted by atomic mass is 19.4. The monoisotopic (exact) mass is 448 g/mol. The van der Waals surface area contributed by atoms with Crippen molar-refractivity contribution in [2.75, 3.05) is 26.2 Å². The standard InChI is InChI=1S/C24H31F3N4O/c1-16(2)14-30-11-5-8-21-19(15-30)22(29-28-21)23(32)31-12-9-17(10-13-31)18-6-3-4-7-20(18)24(25,26)27/h3-4,6-7,16-17H,5,8-15H2,1-2H3,(H,28,29). The molecule has 4 rings (SSSR count). The zero-order valence-corrected chi connectivity index (χ0v) is 18.7. The number of hydrogen-bond acceptors (Lipinski definition) is 3. The number of aromatic nitrogens is 2. The summed E-state index contributed by atoms with van der Waals surface area (Å²) in [4.78, 5) is 17.4. The van der Waals surface area contributed by atoms with Crippen molar-refractivity contribution in [3.05, 3.63) is 52.3 Å². The average molecular weight is 449 g/mol. The zero-order valence-electron chi connectivity index (χ0n) is 18.7. The van der Waals surface area contributed by atoms with Crippen LogP contribution in [-0.4, -0.2) is 52.1 Å². The average Bonchev–Trinajstić information content (AvgIpc) is 3.04. The van der Waals surface area contributed by atoms with Gasteiger partial charge in [0.05, 0.1) is 5.56 Å². The van der Waals surface area contributed by atoms with Gasteiger partial charge in [-0.2, -0.15) is 18.3 Å². The first-order chi connectivity index (χ1) is 15.2. The van der Waals surface area contributed by atoms with Gasteiger partial charge in [0.25, 0.3) is 5.91 Å². The summed E-state index contributed by atoms with van der Waals surface area (Å²) in [5.41, 5.74) is 2.27. The second-order valence-electron chi connectivity index (χ2n) is 9.41. The van der Waals surface area contributed by atoms with E-state index in [1.54, 1.807) is 17.0 Å². The van der Waals surface area contributed by atoms with E-state index < -0.39 is 11.7 Å². The van der Waals surface area contributed by atoms with Crippen LogP contribution in [0.25, 0.3) is 0 Å². The Balaban J connectivity index is 1.46. The van der Waals surface area contributed by atoms with Crippen LogP contribution in [0.4, 0.5) is 13.2 Å². The van der Waals surface area contributed by atoms with Crippen LogP contribution in [-0.2, 0) is 19.1 Å². The summed E-state index contributed by atoms with van der Waals surface area (Å²) in [6.45, 7) is 7.93. The molecule has 174 valence electrons. The third kappa shape index (κ3) is 4.85. The Morgan fingerprint density at radius 1 is 1.19 bits per heavy atom. The summed E-state index contributed by atoms with van der Waals surface area (Å²) < 4.78 is 40.3. The van der Waals surface area contributed by atoms with Gasteiger partial charge in [-0.05, 0) is 55.7 Å². The highest BCUT2D eigenvalue weighted by Gasteiger charge is 2.36. The summed E-state index contributed by atoms with van der Waals surface area (Å²) >= 11 is 0. The first kappa shape index (κ1) is 22.8. The molecule has 1 aromatic carbocycles. The van der Waals surface area contributed by atoms with Gasteiger partial charge < -0.3 is 4.90 Å². The highest BCUT2D eigenvalue weighted by molar-refractivity contribution is 5.94. The molecule has 1 N–H and O–H groups in total. The van der Waals surface area contributed by atoms with Crippen molar-refractivity contribution in [3.63, 3.8) is 0 Å². The molecular formula is C24H31F3N4O. The Labute approximate surface area is 187 Å². The number of halogens is 3. The fraction of sp³-hybridized carbons (Fsp3) is 0.583. The molecule has 1 saturated heterocycles. The lowest BCUT2D eigenvalue weighted by Crippen LogP contribution is -2.39. The zero-order chi connectivity index (χ0) is 22.9. The largest absolute Gasteiger partial charge is 0.416 e. The summed E-state index contributed by atoms with van der Waals surface area (Å²) in [7, 11) is 0. The molecule has 2 aliphatic heterocycles. The smallest absolute Gasteiger partial charge is 0.337 e. The molecule has 0 unspecified atom stereocenters. The van der Waals surface area contributed by atoms with Crippen LogP contribution in [0.5, 0.6) is 0 Å². The molecule has 0 aliphatic carbocycles. The summed E-state index contributed by atoms with van der Waals surface area (Å²) in [6, 6.07) is 5.80. The van der Waals surface area contributed by atoms with E-state index in [1.807, 2.05) is 0 Å². The number of amides is 1. The number of likely N-dealkylation sites (tertiary alicyclic amines) is 1. The van der Waals surface area contributed by atoms with Gasteiger partial charge in [0.1, 0.15) is 0 Å². The van der Waals surface area contributed by atoms with Crippen molar-refractivity contribution < 1.29 is 18.0 Å². The quantitative estimate of drug-likeness (QED) is 0.727. The lowest BCUT2D eigenvalue weighted by molar-refractivity contribution is -0.138. The molecule has 2 aromatic rings. The number of benzene rings is 1. The molecule has 5 nitrogen and oxygen atoms in total. The summed E-state index contributed by atoms with van der Waals surface area (Å²) in [5.74, 6) is 0.229. The summed E-state index contributed by atoms with van der Waals surface area (Å²) in [6.07, 6.45) is -1.42. The second-order valence-corrected chi connectivity index (χ2v) is 9.41. The maximum atomic E-state index is 13.4. The van der Waals surface area contributed by atoms with Gasteiger partial charge in [0.2, 0.25) is 0 Å². The number of fused-ring (bicyclic) bond motifs is 1. The number of carbonyl (C=O) groups is 1. The van der Waals surface area contributed by atoms with E-state index in [9.17, 15) is 18.0 Å². The van der Waals surface area contributed by atoms with Crippen molar-refractivity contribution in [2.45, 2.75) is 58.2 Å². The molecule has 0 bridgehead atoms. The number of alkyl halides is 3. The van der Waals surface area contributed by atoms with Gasteiger partial charge >= 0.3 is 6.18 Å². The predicted octanol–water partition coefficient (Wildman–Crippen LogP) is 4.85. The number of piperidine rings is 1. The molecule has 32 heavy (non-hydrogen) atoms. The molecule has 0 spiro atoms. The van der Waals surface area contributed by atoms with Gasteiger partial charge in [0.15, 0.2) is 5.69 Å². The van der Waals surface area contributed by atoms with Crippen LogP contribution in [0.15, 0.2) is 24.3 Å². The van der Waals surface area contributed by atoms with E-state index in [4.69, 9.17) is 0 Å². The van der Waals surface area contributed by atoms with Crippen molar-refractivity contribution in [1.82, 2.24) is 20.0 Å². The van der Waals surface area contributed by atoms with Crippen molar-refractivity contribution in [1.29, 1.82) is 0 Å². The molecule has 0 radical (unpaired) electrons. The topological polar surface area (TPSA) is 52.2 Å². The van der Waals surface area contributed by atoms with Crippen LogP contribution in [0, 0.1) is 5.92 Å². The van der Waals surface area contributed by atoms with E-state index >= 15 is 0 Å². The van der Waals surface area contributed by atoms with E-state index in [2.05, 4.69) is 28.9 Å². The summed E-state index contributed by atoms with van der Waals surface area (Å²) in [5, 5.41) is 7.43. The SMILES string of the molecule is CC(C)CN1CCCc2[nH]nc(C(=O)N3CCC(c4ccccc4C(F)(F)F)CC3)c2C1. The molecular weight excluding hydrogens is 417 g/mol. The van der Waals surface area contributed by atoms with Crippen molar-refractivity contribution >= 4 is 5.91 Å². The van der Waals surface area contributed by atoms with Crippen LogP contribution in [0.2, 0.25) is 0 Å². The Bertz CT molecular complexity index is 945. The van der Waals surface area contributed by atoms with Crippen molar-refractivity contribution in [2.24, 2.45) is 5.92 Å². The van der Waals surface area contributed by atoms with Gasteiger partial charge in [0, 0.05) is 37.4 Å². The fourth-order valence-electron chi connectivity index (χ4n) is 5.06. The van der Waals surface area contributed by atoms with Crippen LogP contribution in [0.3, 0.4) is 0 Å². The number of hydrogen-bond donors (Lipinski definition) is 1. The molecule has 1 aromatic heterocycles. The molecule has 0 atom stereocenters. The Morgan fingerprint density at radius 3 is 2.59 bits per heavy atom. The number of aryl methyl sites for hydroxylation is 1. The second kappa shape index (κ2) is 9.25. The molecule has 2 aliphatic rings. The number of nitrogens with zero attached hydrogens (tertiary/aromatic N) is 3. The van der Waals surface area contributed by atoms with E-state index in [-0.39, 0.29) is 11.8 Å². The Kier molecular flexibility index (Phi) is 6.60. The Hall–Kier alpha value is -2.35. The maximum absolute atomic E-state index is 13.4. The first-order valence-electron chi connectivity index (χ1n) is 11.5. The fourth-order valence-corrected chi connectivity index (χ4v) is 5.06. The number of nitrogens with one attached hydrogen (secondary N) is 1. The number of carbonyl (C=O) groups excluding carboxylic acids is 1. The molecule has 3 heterocycles. The van der Waals surface area contributed by atoms with Crippen LogP contribution in [0.1, 0.15) is 71.9 Å². The van der Waals surface area contributed by atoms with E-state index in [0.29, 0.717) is 49.7 Å². The number of rotatable bonds is 4. The minimum Gasteiger partial charge on any atom is -0.337 e. The maximum Gasteiger partial charge on any atom is 0.416 e. The van der Waals surface area contributed by atoms with Gasteiger partial charge in [-0.15, -0.1) is 0 Å².